The summed E-state index contributed by atoms with van der Waals surface area (Å²) >= 11 is 2.61. The summed E-state index contributed by atoms with van der Waals surface area (Å²) in [6.45, 7) is 3.82. The summed E-state index contributed by atoms with van der Waals surface area (Å²) < 4.78 is 12.8. The van der Waals surface area contributed by atoms with Crippen molar-refractivity contribution in [2.45, 2.75) is 25.1 Å². The number of amides is 1. The predicted octanol–water partition coefficient (Wildman–Crippen LogP) is 5.51. The molecule has 0 saturated carbocycles. The smallest absolute Gasteiger partial charge is 0.341 e. The zero-order chi connectivity index (χ0) is 25.7. The number of thioether (sulfide) groups is 1. The molecule has 1 N–H and O–H groups in total. The second-order valence-corrected chi connectivity index (χ2v) is 10.1. The maximum Gasteiger partial charge on any atom is 0.341 e. The number of rotatable bonds is 9. The number of ether oxygens (including phenoxy) is 2. The van der Waals surface area contributed by atoms with E-state index in [9.17, 15) is 9.59 Å². The lowest BCUT2D eigenvalue weighted by atomic mass is 10.0. The summed E-state index contributed by atoms with van der Waals surface area (Å²) in [5, 5.41) is 12.4. The van der Waals surface area contributed by atoms with Crippen molar-refractivity contribution in [3.8, 4) is 16.9 Å². The van der Waals surface area contributed by atoms with Crippen molar-refractivity contribution in [3.63, 3.8) is 0 Å². The molecule has 4 rings (SSSR count). The van der Waals surface area contributed by atoms with Crippen LogP contribution < -0.4 is 10.1 Å². The molecule has 0 bridgehead atoms. The summed E-state index contributed by atoms with van der Waals surface area (Å²) in [4.78, 5) is 26.4. The van der Waals surface area contributed by atoms with Gasteiger partial charge in [0.05, 0.1) is 12.9 Å². The third-order valence-electron chi connectivity index (χ3n) is 5.41. The van der Waals surface area contributed by atoms with Gasteiger partial charge in [-0.1, -0.05) is 60.3 Å². The van der Waals surface area contributed by atoms with Crippen LogP contribution >= 0.6 is 23.1 Å². The molecule has 1 atom stereocenters. The Morgan fingerprint density at radius 3 is 2.42 bits per heavy atom. The molecule has 0 aliphatic rings. The van der Waals surface area contributed by atoms with Gasteiger partial charge in [0.2, 0.25) is 5.91 Å². The highest BCUT2D eigenvalue weighted by Crippen LogP contribution is 2.40. The van der Waals surface area contributed by atoms with Crippen LogP contribution in [0.4, 0.5) is 5.00 Å². The van der Waals surface area contributed by atoms with Crippen molar-refractivity contribution in [3.05, 3.63) is 76.9 Å². The van der Waals surface area contributed by atoms with Crippen molar-refractivity contribution < 1.29 is 19.1 Å². The highest BCUT2D eigenvalue weighted by Gasteiger charge is 2.25. The molecule has 1 unspecified atom stereocenters. The van der Waals surface area contributed by atoms with E-state index in [1.807, 2.05) is 86.1 Å². The maximum atomic E-state index is 12.8. The lowest BCUT2D eigenvalue weighted by Gasteiger charge is -2.14. The average molecular weight is 523 g/mol. The zero-order valence-electron chi connectivity index (χ0n) is 20.3. The van der Waals surface area contributed by atoms with Crippen molar-refractivity contribution in [1.29, 1.82) is 0 Å². The van der Waals surface area contributed by atoms with Crippen molar-refractivity contribution in [2.75, 3.05) is 18.2 Å². The minimum absolute atomic E-state index is 0.0954. The molecule has 0 radical (unpaired) electrons. The molecule has 0 aliphatic heterocycles. The van der Waals surface area contributed by atoms with E-state index in [0.717, 1.165) is 21.8 Å². The van der Waals surface area contributed by atoms with Crippen molar-refractivity contribution in [1.82, 2.24) is 14.8 Å². The van der Waals surface area contributed by atoms with Crippen LogP contribution in [0.3, 0.4) is 0 Å². The summed E-state index contributed by atoms with van der Waals surface area (Å²) in [5.74, 6) is 0.730. The quantitative estimate of drug-likeness (QED) is 0.229. The Bertz CT molecular complexity index is 1350. The number of aryl methyl sites for hydroxylation is 1. The minimum Gasteiger partial charge on any atom is -0.483 e. The number of carbonyl (C=O) groups is 2. The fourth-order valence-corrected chi connectivity index (χ4v) is 5.54. The largest absolute Gasteiger partial charge is 0.483 e. The lowest BCUT2D eigenvalue weighted by Crippen LogP contribution is -2.16. The number of anilines is 1. The standard InChI is InChI=1S/C26H26N4O4S2/c1-16(34-19-13-9-6-10-14-19)23-28-29-26(30(23)3)35-15-20(31)27-24-22(25(32)33-4)21(17(2)36-24)18-11-7-5-8-12-18/h5-14,16H,15H2,1-4H3,(H,27,31). The molecule has 8 nitrogen and oxygen atoms in total. The van der Waals surface area contributed by atoms with Gasteiger partial charge >= 0.3 is 5.97 Å². The number of nitrogens with one attached hydrogen (secondary N) is 1. The van der Waals surface area contributed by atoms with Gasteiger partial charge in [-0.2, -0.15) is 0 Å². The Kier molecular flexibility index (Phi) is 8.07. The number of nitrogens with zero attached hydrogens (tertiary/aromatic N) is 3. The van der Waals surface area contributed by atoms with E-state index in [1.54, 1.807) is 0 Å². The number of aromatic nitrogens is 3. The van der Waals surface area contributed by atoms with E-state index >= 15 is 0 Å². The van der Waals surface area contributed by atoms with Gasteiger partial charge in [0.25, 0.3) is 0 Å². The van der Waals surface area contributed by atoms with Gasteiger partial charge in [-0.05, 0) is 31.5 Å². The summed E-state index contributed by atoms with van der Waals surface area (Å²) in [7, 11) is 3.17. The average Bonchev–Trinajstić information content (AvgIpc) is 3.42. The third kappa shape index (κ3) is 5.60. The number of thiophene rings is 1. The molecule has 10 heteroatoms. The first kappa shape index (κ1) is 25.5. The molecule has 1 amide bonds. The normalized spacial score (nSPS) is 11.7. The first-order valence-electron chi connectivity index (χ1n) is 11.2. The maximum absolute atomic E-state index is 12.8. The van der Waals surface area contributed by atoms with Crippen LogP contribution in [0.1, 0.15) is 34.1 Å². The number of para-hydroxylation sites is 1. The molecular formula is C26H26N4O4S2. The summed E-state index contributed by atoms with van der Waals surface area (Å²) in [6, 6.07) is 19.1. The molecule has 36 heavy (non-hydrogen) atoms. The molecule has 0 spiro atoms. The van der Waals surface area contributed by atoms with Gasteiger partial charge < -0.3 is 19.4 Å². The number of esters is 1. The lowest BCUT2D eigenvalue weighted by molar-refractivity contribution is -0.113. The van der Waals surface area contributed by atoms with E-state index in [1.165, 1.54) is 30.2 Å². The van der Waals surface area contributed by atoms with Gasteiger partial charge in [0.1, 0.15) is 16.3 Å². The Labute approximate surface area is 217 Å². The van der Waals surface area contributed by atoms with Gasteiger partial charge in [0, 0.05) is 17.5 Å². The first-order chi connectivity index (χ1) is 17.4. The Hall–Kier alpha value is -3.63. The second kappa shape index (κ2) is 11.4. The van der Waals surface area contributed by atoms with Crippen LogP contribution in [-0.2, 0) is 16.6 Å². The third-order valence-corrected chi connectivity index (χ3v) is 7.45. The van der Waals surface area contributed by atoms with E-state index in [-0.39, 0.29) is 17.8 Å². The van der Waals surface area contributed by atoms with E-state index in [2.05, 4.69) is 15.5 Å². The Morgan fingerprint density at radius 2 is 1.75 bits per heavy atom. The number of hydrogen-bond donors (Lipinski definition) is 1. The van der Waals surface area contributed by atoms with E-state index in [4.69, 9.17) is 9.47 Å². The van der Waals surface area contributed by atoms with Gasteiger partial charge in [-0.15, -0.1) is 21.5 Å². The molecule has 0 saturated heterocycles. The number of benzene rings is 2. The molecule has 0 aliphatic carbocycles. The van der Waals surface area contributed by atoms with Crippen LogP contribution in [0.25, 0.3) is 11.1 Å². The van der Waals surface area contributed by atoms with Crippen LogP contribution in [-0.4, -0.2) is 39.5 Å². The molecule has 186 valence electrons. The molecular weight excluding hydrogens is 496 g/mol. The second-order valence-electron chi connectivity index (χ2n) is 7.90. The molecule has 0 fully saturated rings. The Balaban J connectivity index is 1.45. The fourth-order valence-electron chi connectivity index (χ4n) is 3.74. The first-order valence-corrected chi connectivity index (χ1v) is 13.0. The number of hydrogen-bond acceptors (Lipinski definition) is 8. The molecule has 2 heterocycles. The molecule has 2 aromatic heterocycles. The topological polar surface area (TPSA) is 95.3 Å². The monoisotopic (exact) mass is 522 g/mol. The van der Waals surface area contributed by atoms with Crippen molar-refractivity contribution in [2.24, 2.45) is 7.05 Å². The number of methoxy groups -OCH3 is 1. The van der Waals surface area contributed by atoms with Crippen LogP contribution in [0.5, 0.6) is 5.75 Å². The van der Waals surface area contributed by atoms with Gasteiger partial charge in [0.15, 0.2) is 17.1 Å². The zero-order valence-corrected chi connectivity index (χ0v) is 22.0. The van der Waals surface area contributed by atoms with E-state index in [0.29, 0.717) is 21.5 Å². The highest BCUT2D eigenvalue weighted by molar-refractivity contribution is 7.99. The minimum atomic E-state index is -0.494. The Morgan fingerprint density at radius 1 is 1.08 bits per heavy atom. The van der Waals surface area contributed by atoms with Crippen LogP contribution in [0, 0.1) is 6.92 Å². The fraction of sp³-hybridized carbons (Fsp3) is 0.231. The van der Waals surface area contributed by atoms with Crippen molar-refractivity contribution >= 4 is 40.0 Å². The van der Waals surface area contributed by atoms with Crippen LogP contribution in [0.2, 0.25) is 0 Å². The summed E-state index contributed by atoms with van der Waals surface area (Å²) in [5.41, 5.74) is 2.01. The van der Waals surface area contributed by atoms with Crippen LogP contribution in [0.15, 0.2) is 65.8 Å². The molecule has 2 aromatic carbocycles. The number of carbonyl (C=O) groups excluding carboxylic acids is 2. The predicted molar refractivity (Wildman–Crippen MR) is 142 cm³/mol. The van der Waals surface area contributed by atoms with E-state index < -0.39 is 5.97 Å². The highest BCUT2D eigenvalue weighted by atomic mass is 32.2. The van der Waals surface area contributed by atoms with Gasteiger partial charge in [-0.25, -0.2) is 4.79 Å². The SMILES string of the molecule is COC(=O)c1c(NC(=O)CSc2nnc(C(C)Oc3ccccc3)n2C)sc(C)c1-c1ccccc1. The van der Waals surface area contributed by atoms with Gasteiger partial charge in [-0.3, -0.25) is 4.79 Å². The molecule has 4 aromatic rings. The summed E-state index contributed by atoms with van der Waals surface area (Å²) in [6.07, 6.45) is -0.318.